The van der Waals surface area contributed by atoms with Crippen molar-refractivity contribution in [2.24, 2.45) is 0 Å². The minimum absolute atomic E-state index is 0.0435. The summed E-state index contributed by atoms with van der Waals surface area (Å²) < 4.78 is 0. The summed E-state index contributed by atoms with van der Waals surface area (Å²) in [7, 11) is 1.82. The quantitative estimate of drug-likeness (QED) is 0.753. The Hall–Kier alpha value is -2.77. The Morgan fingerprint density at radius 3 is 2.59 bits per heavy atom. The van der Waals surface area contributed by atoms with Gasteiger partial charge in [-0.3, -0.25) is 4.79 Å². The summed E-state index contributed by atoms with van der Waals surface area (Å²) in [6.07, 6.45) is 3.57. The number of piperidine rings is 1. The molecule has 0 atom stereocenters. The number of amides is 5. The molecule has 3 N–H and O–H groups in total. The molecule has 2 aliphatic heterocycles. The van der Waals surface area contributed by atoms with Gasteiger partial charge in [0.15, 0.2) is 0 Å². The molecule has 1 saturated carbocycles. The van der Waals surface area contributed by atoms with Gasteiger partial charge in [-0.15, -0.1) is 0 Å². The number of anilines is 1. The number of nitrogens with one attached hydrogen (secondary N) is 3. The van der Waals surface area contributed by atoms with Crippen LogP contribution in [0.5, 0.6) is 0 Å². The lowest BCUT2D eigenvalue weighted by molar-refractivity contribution is 0.0565. The van der Waals surface area contributed by atoms with Crippen molar-refractivity contribution in [3.63, 3.8) is 0 Å². The van der Waals surface area contributed by atoms with Gasteiger partial charge in [0.05, 0.1) is 5.54 Å². The lowest BCUT2D eigenvalue weighted by Crippen LogP contribution is -2.54. The van der Waals surface area contributed by atoms with Gasteiger partial charge in [-0.1, -0.05) is 6.07 Å². The molecule has 0 aromatic heterocycles. The van der Waals surface area contributed by atoms with E-state index in [4.69, 9.17) is 0 Å². The first kappa shape index (κ1) is 17.6. The fourth-order valence-electron chi connectivity index (χ4n) is 3.82. The minimum atomic E-state index is -0.233. The van der Waals surface area contributed by atoms with Gasteiger partial charge in [0.2, 0.25) is 0 Å². The molecule has 3 aliphatic rings. The number of carbonyl (C=O) groups excluding carboxylic acids is 3. The van der Waals surface area contributed by atoms with Crippen molar-refractivity contribution < 1.29 is 14.4 Å². The molecule has 3 fully saturated rings. The molecular weight excluding hydrogens is 346 g/mol. The van der Waals surface area contributed by atoms with Crippen LogP contribution in [0.25, 0.3) is 0 Å². The van der Waals surface area contributed by atoms with Gasteiger partial charge in [0.1, 0.15) is 0 Å². The lowest BCUT2D eigenvalue weighted by Gasteiger charge is -2.42. The first-order chi connectivity index (χ1) is 13.0. The highest BCUT2D eigenvalue weighted by Crippen LogP contribution is 2.31. The number of likely N-dealkylation sites (N-methyl/N-ethyl adjacent to an activating group) is 1. The Morgan fingerprint density at radius 1 is 1.22 bits per heavy atom. The molecule has 0 radical (unpaired) electrons. The molecule has 4 rings (SSSR count). The summed E-state index contributed by atoms with van der Waals surface area (Å²) in [6, 6.07) is 7.04. The third-order valence-corrected chi connectivity index (χ3v) is 5.85. The van der Waals surface area contributed by atoms with Crippen LogP contribution in [0.4, 0.5) is 15.3 Å². The van der Waals surface area contributed by atoms with E-state index in [2.05, 4.69) is 16.0 Å². The maximum absolute atomic E-state index is 12.9. The number of carbonyl (C=O) groups is 3. The molecular formula is C19H25N5O3. The number of benzene rings is 1. The average molecular weight is 371 g/mol. The van der Waals surface area contributed by atoms with Crippen LogP contribution in [-0.4, -0.2) is 66.0 Å². The molecule has 8 nitrogen and oxygen atoms in total. The van der Waals surface area contributed by atoms with E-state index in [9.17, 15) is 14.4 Å². The zero-order chi connectivity index (χ0) is 19.0. The third-order valence-electron chi connectivity index (χ3n) is 5.85. The van der Waals surface area contributed by atoms with Crippen molar-refractivity contribution in [1.82, 2.24) is 20.4 Å². The second-order valence-electron chi connectivity index (χ2n) is 7.69. The van der Waals surface area contributed by atoms with Crippen LogP contribution in [0.3, 0.4) is 0 Å². The van der Waals surface area contributed by atoms with Crippen molar-refractivity contribution in [1.29, 1.82) is 0 Å². The number of rotatable bonds is 3. The zero-order valence-electron chi connectivity index (χ0n) is 15.5. The molecule has 2 heterocycles. The molecule has 1 aromatic carbocycles. The molecule has 27 heavy (non-hydrogen) atoms. The van der Waals surface area contributed by atoms with Gasteiger partial charge in [0, 0.05) is 44.0 Å². The summed E-state index contributed by atoms with van der Waals surface area (Å²) in [5, 5.41) is 8.54. The molecule has 0 unspecified atom stereocenters. The Balaban J connectivity index is 1.37. The zero-order valence-corrected chi connectivity index (χ0v) is 15.5. The number of hydrogen-bond acceptors (Lipinski definition) is 3. The molecule has 8 heteroatoms. The van der Waals surface area contributed by atoms with Crippen LogP contribution in [0, 0.1) is 0 Å². The molecule has 144 valence electrons. The van der Waals surface area contributed by atoms with Crippen LogP contribution >= 0.6 is 0 Å². The minimum Gasteiger partial charge on any atom is -0.338 e. The van der Waals surface area contributed by atoms with E-state index in [1.54, 1.807) is 29.2 Å². The number of urea groups is 2. The van der Waals surface area contributed by atoms with E-state index in [0.717, 1.165) is 25.7 Å². The van der Waals surface area contributed by atoms with E-state index in [1.165, 1.54) is 0 Å². The van der Waals surface area contributed by atoms with Gasteiger partial charge >= 0.3 is 12.1 Å². The van der Waals surface area contributed by atoms with Gasteiger partial charge in [-0.25, -0.2) is 9.59 Å². The Kier molecular flexibility index (Phi) is 4.41. The standard InChI is InChI=1S/C19H25N5O3/c1-23-18(27)20-12-19(23)7-9-24(10-8-19)16(25)13-3-2-4-15(11-13)22-17(26)21-14-5-6-14/h2-4,11,14H,5-10,12H2,1H3,(H,20,27)(H2,21,22,26). The van der Waals surface area contributed by atoms with Gasteiger partial charge < -0.3 is 25.8 Å². The van der Waals surface area contributed by atoms with Gasteiger partial charge in [0.25, 0.3) is 5.91 Å². The summed E-state index contributed by atoms with van der Waals surface area (Å²) in [5.74, 6) is -0.0453. The second-order valence-corrected chi connectivity index (χ2v) is 7.69. The predicted molar refractivity (Wildman–Crippen MR) is 101 cm³/mol. The molecule has 5 amide bonds. The topological polar surface area (TPSA) is 93.8 Å². The predicted octanol–water partition coefficient (Wildman–Crippen LogP) is 1.60. The second kappa shape index (κ2) is 6.75. The van der Waals surface area contributed by atoms with Crippen molar-refractivity contribution in [2.45, 2.75) is 37.3 Å². The smallest absolute Gasteiger partial charge is 0.319 e. The highest BCUT2D eigenvalue weighted by molar-refractivity contribution is 5.97. The SMILES string of the molecule is CN1C(=O)NCC12CCN(C(=O)c1cccc(NC(=O)NC3CC3)c1)CC2. The fraction of sp³-hybridized carbons (Fsp3) is 0.526. The first-order valence-corrected chi connectivity index (χ1v) is 9.45. The van der Waals surface area contributed by atoms with Crippen molar-refractivity contribution in [2.75, 3.05) is 32.0 Å². The van der Waals surface area contributed by atoms with Crippen molar-refractivity contribution in [3.05, 3.63) is 29.8 Å². The van der Waals surface area contributed by atoms with Crippen LogP contribution in [0.1, 0.15) is 36.0 Å². The summed E-state index contributed by atoms with van der Waals surface area (Å²) in [5.41, 5.74) is 0.986. The van der Waals surface area contributed by atoms with E-state index < -0.39 is 0 Å². The van der Waals surface area contributed by atoms with E-state index in [1.807, 2.05) is 11.9 Å². The van der Waals surface area contributed by atoms with E-state index in [-0.39, 0.29) is 29.6 Å². The lowest BCUT2D eigenvalue weighted by atomic mass is 9.87. The van der Waals surface area contributed by atoms with E-state index in [0.29, 0.717) is 30.9 Å². The van der Waals surface area contributed by atoms with Crippen LogP contribution in [0.2, 0.25) is 0 Å². The number of likely N-dealkylation sites (tertiary alicyclic amines) is 1. The molecule has 2 saturated heterocycles. The van der Waals surface area contributed by atoms with Crippen LogP contribution in [-0.2, 0) is 0 Å². The normalized spacial score (nSPS) is 21.1. The van der Waals surface area contributed by atoms with Gasteiger partial charge in [-0.2, -0.15) is 0 Å². The Morgan fingerprint density at radius 2 is 1.96 bits per heavy atom. The fourth-order valence-corrected chi connectivity index (χ4v) is 3.82. The Labute approximate surface area is 158 Å². The maximum Gasteiger partial charge on any atom is 0.319 e. The monoisotopic (exact) mass is 371 g/mol. The third kappa shape index (κ3) is 3.56. The largest absolute Gasteiger partial charge is 0.338 e. The molecule has 1 spiro atoms. The first-order valence-electron chi connectivity index (χ1n) is 9.45. The van der Waals surface area contributed by atoms with Crippen molar-refractivity contribution >= 4 is 23.7 Å². The van der Waals surface area contributed by atoms with Gasteiger partial charge in [-0.05, 0) is 43.9 Å². The van der Waals surface area contributed by atoms with Crippen LogP contribution < -0.4 is 16.0 Å². The maximum atomic E-state index is 12.9. The average Bonchev–Trinajstić information content (AvgIpc) is 3.44. The van der Waals surface area contributed by atoms with E-state index >= 15 is 0 Å². The molecule has 0 bridgehead atoms. The Bertz CT molecular complexity index is 768. The molecule has 1 aromatic rings. The summed E-state index contributed by atoms with van der Waals surface area (Å²) in [6.45, 7) is 1.86. The van der Waals surface area contributed by atoms with Crippen LogP contribution in [0.15, 0.2) is 24.3 Å². The summed E-state index contributed by atoms with van der Waals surface area (Å²) in [4.78, 5) is 40.1. The number of hydrogen-bond donors (Lipinski definition) is 3. The highest BCUT2D eigenvalue weighted by atomic mass is 16.2. The summed E-state index contributed by atoms with van der Waals surface area (Å²) >= 11 is 0. The highest BCUT2D eigenvalue weighted by Gasteiger charge is 2.45. The van der Waals surface area contributed by atoms with Crippen molar-refractivity contribution in [3.8, 4) is 0 Å². The number of nitrogens with zero attached hydrogens (tertiary/aromatic N) is 2. The molecule has 1 aliphatic carbocycles.